The first-order valence-corrected chi connectivity index (χ1v) is 4.65. The summed E-state index contributed by atoms with van der Waals surface area (Å²) < 4.78 is 0. The normalized spacial score (nSPS) is 10.2. The van der Waals surface area contributed by atoms with E-state index < -0.39 is 0 Å². The fourth-order valence-corrected chi connectivity index (χ4v) is 1.43. The van der Waals surface area contributed by atoms with E-state index in [1.165, 1.54) is 12.7 Å². The minimum absolute atomic E-state index is 0.105. The van der Waals surface area contributed by atoms with Crippen LogP contribution in [0.15, 0.2) is 29.8 Å². The van der Waals surface area contributed by atoms with Gasteiger partial charge in [0.25, 0.3) is 5.56 Å². The maximum atomic E-state index is 11.5. The first-order valence-electron chi connectivity index (χ1n) is 4.65. The molecule has 0 radical (unpaired) electrons. The van der Waals surface area contributed by atoms with Gasteiger partial charge in [-0.25, -0.2) is 15.0 Å². The van der Waals surface area contributed by atoms with Crippen LogP contribution in [0, 0.1) is 0 Å². The van der Waals surface area contributed by atoms with E-state index in [4.69, 9.17) is 0 Å². The SMILES string of the molecule is CCc1c(-c2cncnc2)nc[nH]c1=O. The molecule has 2 heterocycles. The Morgan fingerprint density at radius 1 is 1.33 bits per heavy atom. The van der Waals surface area contributed by atoms with Gasteiger partial charge in [-0.1, -0.05) is 6.92 Å². The van der Waals surface area contributed by atoms with Crippen LogP contribution in [0.4, 0.5) is 0 Å². The lowest BCUT2D eigenvalue weighted by Gasteiger charge is -2.03. The number of hydrogen-bond donors (Lipinski definition) is 1. The highest BCUT2D eigenvalue weighted by molar-refractivity contribution is 5.60. The van der Waals surface area contributed by atoms with Crippen molar-refractivity contribution in [2.45, 2.75) is 13.3 Å². The van der Waals surface area contributed by atoms with Crippen LogP contribution < -0.4 is 5.56 Å². The van der Waals surface area contributed by atoms with Crippen LogP contribution in [0.25, 0.3) is 11.3 Å². The van der Waals surface area contributed by atoms with Gasteiger partial charge in [0.1, 0.15) is 6.33 Å². The van der Waals surface area contributed by atoms with E-state index in [2.05, 4.69) is 19.9 Å². The lowest BCUT2D eigenvalue weighted by molar-refractivity contribution is 1.00. The molecule has 0 aliphatic rings. The average Bonchev–Trinajstić information content (AvgIpc) is 2.30. The first-order chi connectivity index (χ1) is 7.33. The Hall–Kier alpha value is -2.04. The van der Waals surface area contributed by atoms with E-state index in [1.807, 2.05) is 6.92 Å². The Balaban J connectivity index is 2.63. The molecule has 0 saturated heterocycles. The van der Waals surface area contributed by atoms with Crippen molar-refractivity contribution in [1.29, 1.82) is 0 Å². The molecule has 0 unspecified atom stereocenters. The molecule has 15 heavy (non-hydrogen) atoms. The van der Waals surface area contributed by atoms with Crippen molar-refractivity contribution in [1.82, 2.24) is 19.9 Å². The van der Waals surface area contributed by atoms with Crippen LogP contribution in [0.3, 0.4) is 0 Å². The van der Waals surface area contributed by atoms with Gasteiger partial charge in [-0.2, -0.15) is 0 Å². The van der Waals surface area contributed by atoms with E-state index in [9.17, 15) is 4.79 Å². The second-order valence-electron chi connectivity index (χ2n) is 3.04. The van der Waals surface area contributed by atoms with Gasteiger partial charge in [-0.05, 0) is 6.42 Å². The highest BCUT2D eigenvalue weighted by Gasteiger charge is 2.08. The van der Waals surface area contributed by atoms with Crippen LogP contribution in [0.2, 0.25) is 0 Å². The third-order valence-electron chi connectivity index (χ3n) is 2.14. The molecule has 0 atom stereocenters. The van der Waals surface area contributed by atoms with E-state index in [0.717, 1.165) is 5.56 Å². The number of aromatic nitrogens is 4. The maximum absolute atomic E-state index is 11.5. The molecule has 2 rings (SSSR count). The Kier molecular flexibility index (Phi) is 2.53. The van der Waals surface area contributed by atoms with Gasteiger partial charge in [0.15, 0.2) is 0 Å². The van der Waals surface area contributed by atoms with Crippen molar-refractivity contribution >= 4 is 0 Å². The smallest absolute Gasteiger partial charge is 0.254 e. The number of nitrogens with one attached hydrogen (secondary N) is 1. The summed E-state index contributed by atoms with van der Waals surface area (Å²) in [6.07, 6.45) is 6.77. The van der Waals surface area contributed by atoms with Gasteiger partial charge in [0.2, 0.25) is 0 Å². The van der Waals surface area contributed by atoms with Crippen molar-refractivity contribution in [3.05, 3.63) is 41.0 Å². The number of H-pyrrole nitrogens is 1. The largest absolute Gasteiger partial charge is 0.313 e. The molecule has 0 aromatic carbocycles. The molecular weight excluding hydrogens is 192 g/mol. The van der Waals surface area contributed by atoms with Crippen molar-refractivity contribution in [2.24, 2.45) is 0 Å². The molecule has 5 nitrogen and oxygen atoms in total. The number of hydrogen-bond acceptors (Lipinski definition) is 4. The third kappa shape index (κ3) is 1.76. The van der Waals surface area contributed by atoms with Crippen LogP contribution in [0.5, 0.6) is 0 Å². The van der Waals surface area contributed by atoms with Crippen LogP contribution >= 0.6 is 0 Å². The molecule has 5 heteroatoms. The Labute approximate surface area is 86.3 Å². The van der Waals surface area contributed by atoms with Gasteiger partial charge >= 0.3 is 0 Å². The molecule has 0 aliphatic heterocycles. The lowest BCUT2D eigenvalue weighted by Crippen LogP contribution is -2.14. The van der Waals surface area contributed by atoms with E-state index in [0.29, 0.717) is 17.7 Å². The molecule has 0 spiro atoms. The molecular formula is C10H10N4O. The van der Waals surface area contributed by atoms with Gasteiger partial charge < -0.3 is 4.98 Å². The van der Waals surface area contributed by atoms with Crippen LogP contribution in [-0.4, -0.2) is 19.9 Å². The quantitative estimate of drug-likeness (QED) is 0.781. The van der Waals surface area contributed by atoms with Crippen molar-refractivity contribution in [3.8, 4) is 11.3 Å². The Bertz CT molecular complexity index is 506. The summed E-state index contributed by atoms with van der Waals surface area (Å²) in [6.45, 7) is 1.92. The number of rotatable bonds is 2. The predicted octanol–water partition coefficient (Wildman–Crippen LogP) is 0.789. The summed E-state index contributed by atoms with van der Waals surface area (Å²) in [6, 6.07) is 0. The molecule has 0 aliphatic carbocycles. The zero-order valence-electron chi connectivity index (χ0n) is 8.27. The van der Waals surface area contributed by atoms with Crippen LogP contribution in [0.1, 0.15) is 12.5 Å². The number of nitrogens with zero attached hydrogens (tertiary/aromatic N) is 3. The summed E-state index contributed by atoms with van der Waals surface area (Å²) in [5, 5.41) is 0. The van der Waals surface area contributed by atoms with Crippen molar-refractivity contribution in [3.63, 3.8) is 0 Å². The summed E-state index contributed by atoms with van der Waals surface area (Å²) in [7, 11) is 0. The van der Waals surface area contributed by atoms with Gasteiger partial charge in [0.05, 0.1) is 12.0 Å². The highest BCUT2D eigenvalue weighted by Crippen LogP contribution is 2.16. The zero-order chi connectivity index (χ0) is 10.7. The second kappa shape index (κ2) is 4.00. The molecule has 0 bridgehead atoms. The van der Waals surface area contributed by atoms with Gasteiger partial charge in [-0.15, -0.1) is 0 Å². The summed E-state index contributed by atoms with van der Waals surface area (Å²) >= 11 is 0. The molecule has 76 valence electrons. The van der Waals surface area contributed by atoms with Crippen molar-refractivity contribution < 1.29 is 0 Å². The van der Waals surface area contributed by atoms with Crippen LogP contribution in [-0.2, 0) is 6.42 Å². The van der Waals surface area contributed by atoms with E-state index >= 15 is 0 Å². The minimum atomic E-state index is -0.105. The maximum Gasteiger partial charge on any atom is 0.254 e. The average molecular weight is 202 g/mol. The summed E-state index contributed by atoms with van der Waals surface area (Å²) in [5.74, 6) is 0. The highest BCUT2D eigenvalue weighted by atomic mass is 16.1. The zero-order valence-corrected chi connectivity index (χ0v) is 8.27. The Morgan fingerprint density at radius 3 is 2.73 bits per heavy atom. The molecule has 0 amide bonds. The molecule has 0 saturated carbocycles. The first kappa shape index (κ1) is 9.51. The summed E-state index contributed by atoms with van der Waals surface area (Å²) in [5.41, 5.74) is 1.97. The monoisotopic (exact) mass is 202 g/mol. The van der Waals surface area contributed by atoms with Gasteiger partial charge in [-0.3, -0.25) is 4.79 Å². The fraction of sp³-hybridized carbons (Fsp3) is 0.200. The topological polar surface area (TPSA) is 71.5 Å². The van der Waals surface area contributed by atoms with E-state index in [1.54, 1.807) is 12.4 Å². The standard InChI is InChI=1S/C10H10N4O/c1-2-8-9(13-6-14-10(8)15)7-3-11-5-12-4-7/h3-6H,2H2,1H3,(H,13,14,15). The molecule has 2 aromatic heterocycles. The van der Waals surface area contributed by atoms with Gasteiger partial charge in [0, 0.05) is 23.5 Å². The third-order valence-corrected chi connectivity index (χ3v) is 2.14. The number of aromatic amines is 1. The second-order valence-corrected chi connectivity index (χ2v) is 3.04. The summed E-state index contributed by atoms with van der Waals surface area (Å²) in [4.78, 5) is 26.0. The molecule has 2 aromatic rings. The van der Waals surface area contributed by atoms with E-state index in [-0.39, 0.29) is 5.56 Å². The van der Waals surface area contributed by atoms with Crippen molar-refractivity contribution in [2.75, 3.05) is 0 Å². The minimum Gasteiger partial charge on any atom is -0.313 e. The molecule has 1 N–H and O–H groups in total. The predicted molar refractivity (Wildman–Crippen MR) is 55.3 cm³/mol. The Morgan fingerprint density at radius 2 is 2.07 bits per heavy atom. The molecule has 0 fully saturated rings. The lowest BCUT2D eigenvalue weighted by atomic mass is 10.1. The fourth-order valence-electron chi connectivity index (χ4n) is 1.43.